The van der Waals surface area contributed by atoms with E-state index in [4.69, 9.17) is 5.73 Å². The number of nitrogens with two attached hydrogens (primary N) is 1. The standard InChI is InChI=1S/C15H23N3/c1-3-4-5-8-12(2)11-18-14-10-7-6-9-13(14)17-15(18)16/h4-5,7,10,12H,3,6,8-9,11H2,1-2H3,(H2,16,17)/b5-4-. The Labute approximate surface area is 109 Å². The predicted molar refractivity (Wildman–Crippen MR) is 77.2 cm³/mol. The first kappa shape index (κ1) is 12.9. The summed E-state index contributed by atoms with van der Waals surface area (Å²) in [6, 6.07) is 0. The molecule has 18 heavy (non-hydrogen) atoms. The molecule has 3 nitrogen and oxygen atoms in total. The summed E-state index contributed by atoms with van der Waals surface area (Å²) in [6.45, 7) is 5.38. The van der Waals surface area contributed by atoms with Crippen LogP contribution in [0.2, 0.25) is 0 Å². The lowest BCUT2D eigenvalue weighted by molar-refractivity contribution is 0.488. The van der Waals surface area contributed by atoms with E-state index < -0.39 is 0 Å². The van der Waals surface area contributed by atoms with Crippen molar-refractivity contribution in [3.05, 3.63) is 29.6 Å². The first-order valence-corrected chi connectivity index (χ1v) is 6.88. The molecule has 1 atom stereocenters. The molecule has 1 aliphatic rings. The van der Waals surface area contributed by atoms with E-state index in [1.54, 1.807) is 0 Å². The molecule has 2 rings (SSSR count). The van der Waals surface area contributed by atoms with Crippen molar-refractivity contribution < 1.29 is 0 Å². The van der Waals surface area contributed by atoms with Gasteiger partial charge in [0.1, 0.15) is 0 Å². The molecule has 0 aliphatic heterocycles. The van der Waals surface area contributed by atoms with Gasteiger partial charge in [0.05, 0.1) is 11.4 Å². The number of aromatic nitrogens is 2. The third kappa shape index (κ3) is 2.84. The molecule has 0 bridgehead atoms. The van der Waals surface area contributed by atoms with Crippen LogP contribution in [0.5, 0.6) is 0 Å². The van der Waals surface area contributed by atoms with Gasteiger partial charge in [-0.15, -0.1) is 0 Å². The maximum absolute atomic E-state index is 6.02. The topological polar surface area (TPSA) is 43.8 Å². The molecular formula is C15H23N3. The Bertz CT molecular complexity index is 455. The Morgan fingerprint density at radius 2 is 2.33 bits per heavy atom. The van der Waals surface area contributed by atoms with Crippen LogP contribution in [0.4, 0.5) is 5.95 Å². The average molecular weight is 245 g/mol. The lowest BCUT2D eigenvalue weighted by Crippen LogP contribution is -2.12. The summed E-state index contributed by atoms with van der Waals surface area (Å²) in [5.41, 5.74) is 8.40. The second kappa shape index (κ2) is 5.89. The number of fused-ring (bicyclic) bond motifs is 1. The number of allylic oxidation sites excluding steroid dienone is 3. The first-order chi connectivity index (χ1) is 8.72. The van der Waals surface area contributed by atoms with Gasteiger partial charge in [-0.3, -0.25) is 0 Å². The second-order valence-electron chi connectivity index (χ2n) is 5.07. The van der Waals surface area contributed by atoms with Crippen LogP contribution >= 0.6 is 0 Å². The summed E-state index contributed by atoms with van der Waals surface area (Å²) < 4.78 is 2.16. The van der Waals surface area contributed by atoms with Crippen LogP contribution in [0, 0.1) is 5.92 Å². The minimum Gasteiger partial charge on any atom is -0.369 e. The van der Waals surface area contributed by atoms with Crippen molar-refractivity contribution in [1.82, 2.24) is 9.55 Å². The number of anilines is 1. The van der Waals surface area contributed by atoms with E-state index in [0.29, 0.717) is 11.9 Å². The van der Waals surface area contributed by atoms with E-state index in [1.807, 2.05) is 0 Å². The van der Waals surface area contributed by atoms with Crippen molar-refractivity contribution in [3.8, 4) is 0 Å². The molecule has 0 aromatic carbocycles. The summed E-state index contributed by atoms with van der Waals surface area (Å²) in [6.07, 6.45) is 13.2. The lowest BCUT2D eigenvalue weighted by Gasteiger charge is -2.14. The lowest BCUT2D eigenvalue weighted by atomic mass is 10.1. The Hall–Kier alpha value is -1.51. The fourth-order valence-electron chi connectivity index (χ4n) is 2.39. The molecule has 0 saturated carbocycles. The van der Waals surface area contributed by atoms with Crippen LogP contribution in [-0.2, 0) is 13.0 Å². The van der Waals surface area contributed by atoms with Crippen molar-refractivity contribution in [2.45, 2.75) is 46.1 Å². The Morgan fingerprint density at radius 3 is 3.11 bits per heavy atom. The van der Waals surface area contributed by atoms with E-state index in [1.165, 1.54) is 5.69 Å². The molecule has 1 aromatic rings. The molecule has 1 aliphatic carbocycles. The maximum Gasteiger partial charge on any atom is 0.200 e. The summed E-state index contributed by atoms with van der Waals surface area (Å²) >= 11 is 0. The number of hydrogen-bond donors (Lipinski definition) is 1. The Kier molecular flexibility index (Phi) is 4.24. The third-order valence-electron chi connectivity index (χ3n) is 3.37. The van der Waals surface area contributed by atoms with Crippen molar-refractivity contribution in [1.29, 1.82) is 0 Å². The summed E-state index contributed by atoms with van der Waals surface area (Å²) in [5.74, 6) is 1.25. The van der Waals surface area contributed by atoms with Gasteiger partial charge < -0.3 is 10.3 Å². The fraction of sp³-hybridized carbons (Fsp3) is 0.533. The van der Waals surface area contributed by atoms with Crippen LogP contribution < -0.4 is 5.73 Å². The van der Waals surface area contributed by atoms with E-state index >= 15 is 0 Å². The van der Waals surface area contributed by atoms with Gasteiger partial charge in [0.2, 0.25) is 5.95 Å². The Morgan fingerprint density at radius 1 is 1.50 bits per heavy atom. The van der Waals surface area contributed by atoms with Gasteiger partial charge in [0.25, 0.3) is 0 Å². The van der Waals surface area contributed by atoms with Gasteiger partial charge in [-0.05, 0) is 37.7 Å². The van der Waals surface area contributed by atoms with Crippen molar-refractivity contribution >= 4 is 12.0 Å². The smallest absolute Gasteiger partial charge is 0.200 e. The fourth-order valence-corrected chi connectivity index (χ4v) is 2.39. The predicted octanol–water partition coefficient (Wildman–Crippen LogP) is 3.42. The van der Waals surface area contributed by atoms with Crippen LogP contribution in [0.25, 0.3) is 6.08 Å². The Balaban J connectivity index is 2.07. The highest BCUT2D eigenvalue weighted by atomic mass is 15.2. The minimum atomic E-state index is 0.587. The highest BCUT2D eigenvalue weighted by Crippen LogP contribution is 2.23. The molecule has 3 heteroatoms. The van der Waals surface area contributed by atoms with Gasteiger partial charge in [-0.1, -0.05) is 32.1 Å². The largest absolute Gasteiger partial charge is 0.369 e. The molecule has 0 spiro atoms. The van der Waals surface area contributed by atoms with Crippen LogP contribution in [-0.4, -0.2) is 9.55 Å². The zero-order valence-electron chi connectivity index (χ0n) is 11.4. The number of imidazole rings is 1. The molecule has 1 unspecified atom stereocenters. The molecule has 98 valence electrons. The van der Waals surface area contributed by atoms with Gasteiger partial charge >= 0.3 is 0 Å². The van der Waals surface area contributed by atoms with Crippen molar-refractivity contribution in [2.24, 2.45) is 5.92 Å². The number of aryl methyl sites for hydroxylation is 1. The number of rotatable bonds is 5. The van der Waals surface area contributed by atoms with Crippen LogP contribution in [0.3, 0.4) is 0 Å². The van der Waals surface area contributed by atoms with Crippen molar-refractivity contribution in [3.63, 3.8) is 0 Å². The highest BCUT2D eigenvalue weighted by Gasteiger charge is 2.16. The monoisotopic (exact) mass is 245 g/mol. The molecular weight excluding hydrogens is 222 g/mol. The highest BCUT2D eigenvalue weighted by molar-refractivity contribution is 5.54. The minimum absolute atomic E-state index is 0.587. The summed E-state index contributed by atoms with van der Waals surface area (Å²) in [5, 5.41) is 0. The van der Waals surface area contributed by atoms with Gasteiger partial charge in [0.15, 0.2) is 0 Å². The van der Waals surface area contributed by atoms with Gasteiger partial charge in [-0.2, -0.15) is 0 Å². The van der Waals surface area contributed by atoms with Crippen molar-refractivity contribution in [2.75, 3.05) is 5.73 Å². The average Bonchev–Trinajstić information content (AvgIpc) is 2.67. The summed E-state index contributed by atoms with van der Waals surface area (Å²) in [7, 11) is 0. The SMILES string of the molecule is CC/C=C\CC(C)Cn1c(N)nc2c1C=CCC2. The quantitative estimate of drug-likeness (QED) is 0.808. The molecule has 0 saturated heterocycles. The zero-order chi connectivity index (χ0) is 13.0. The second-order valence-corrected chi connectivity index (χ2v) is 5.07. The van der Waals surface area contributed by atoms with Gasteiger partial charge in [0, 0.05) is 6.54 Å². The normalized spacial score (nSPS) is 16.1. The molecule has 1 heterocycles. The van der Waals surface area contributed by atoms with Gasteiger partial charge in [-0.25, -0.2) is 4.98 Å². The third-order valence-corrected chi connectivity index (χ3v) is 3.37. The molecule has 1 aromatic heterocycles. The number of nitrogens with zero attached hydrogens (tertiary/aromatic N) is 2. The number of nitrogen functional groups attached to an aromatic ring is 1. The first-order valence-electron chi connectivity index (χ1n) is 6.88. The zero-order valence-corrected chi connectivity index (χ0v) is 11.4. The molecule has 0 radical (unpaired) electrons. The van der Waals surface area contributed by atoms with E-state index in [9.17, 15) is 0 Å². The molecule has 0 fully saturated rings. The number of hydrogen-bond acceptors (Lipinski definition) is 2. The maximum atomic E-state index is 6.02. The van der Waals surface area contributed by atoms with Crippen LogP contribution in [0.15, 0.2) is 18.2 Å². The van der Waals surface area contributed by atoms with E-state index in [2.05, 4.69) is 47.7 Å². The van der Waals surface area contributed by atoms with E-state index in [-0.39, 0.29) is 0 Å². The van der Waals surface area contributed by atoms with Crippen LogP contribution in [0.1, 0.15) is 44.5 Å². The van der Waals surface area contributed by atoms with E-state index in [0.717, 1.165) is 37.9 Å². The molecule has 2 N–H and O–H groups in total. The summed E-state index contributed by atoms with van der Waals surface area (Å²) in [4.78, 5) is 4.47. The molecule has 0 amide bonds.